The summed E-state index contributed by atoms with van der Waals surface area (Å²) in [6.45, 7) is 4.82. The molecule has 5 nitrogen and oxygen atoms in total. The van der Waals surface area contributed by atoms with Gasteiger partial charge in [-0.05, 0) is 25.8 Å². The van der Waals surface area contributed by atoms with E-state index in [1.807, 2.05) is 0 Å². The van der Waals surface area contributed by atoms with E-state index in [0.717, 1.165) is 38.8 Å². The second-order valence-corrected chi connectivity index (χ2v) is 3.78. The molecule has 0 aromatic heterocycles. The predicted octanol–water partition coefficient (Wildman–Crippen LogP) is 1.80. The molecule has 0 saturated carbocycles. The fraction of sp³-hybridized carbons (Fsp3) is 0.833. The van der Waals surface area contributed by atoms with Gasteiger partial charge in [-0.15, -0.1) is 0 Å². The van der Waals surface area contributed by atoms with Crippen LogP contribution in [0.2, 0.25) is 0 Å². The highest BCUT2D eigenvalue weighted by Gasteiger charge is 1.99. The van der Waals surface area contributed by atoms with Gasteiger partial charge in [0.25, 0.3) is 0 Å². The number of nitriles is 1. The van der Waals surface area contributed by atoms with Crippen molar-refractivity contribution in [2.24, 2.45) is 0 Å². The lowest BCUT2D eigenvalue weighted by atomic mass is 10.3. The summed E-state index contributed by atoms with van der Waals surface area (Å²) in [4.78, 5) is 11.1. The van der Waals surface area contributed by atoms with Crippen LogP contribution in [0.5, 0.6) is 0 Å². The Hall–Kier alpha value is -1.28. The number of unbranched alkanes of at least 4 members (excludes halogenated alkanes) is 2. The summed E-state index contributed by atoms with van der Waals surface area (Å²) >= 11 is 0. The molecule has 0 aliphatic carbocycles. The summed E-state index contributed by atoms with van der Waals surface area (Å²) in [5.74, 6) is 0. The average molecular weight is 241 g/mol. The first-order valence-electron chi connectivity index (χ1n) is 6.29. The first-order valence-corrected chi connectivity index (χ1v) is 6.29. The minimum Gasteiger partial charge on any atom is -0.450 e. The summed E-state index contributed by atoms with van der Waals surface area (Å²) in [7, 11) is 0. The maximum Gasteiger partial charge on any atom is 0.407 e. The zero-order valence-electron chi connectivity index (χ0n) is 10.6. The van der Waals surface area contributed by atoms with Gasteiger partial charge in [-0.2, -0.15) is 5.26 Å². The molecule has 0 aromatic carbocycles. The molecule has 0 aromatic rings. The van der Waals surface area contributed by atoms with E-state index in [1.165, 1.54) is 0 Å². The Morgan fingerprint density at radius 3 is 2.71 bits per heavy atom. The highest BCUT2D eigenvalue weighted by molar-refractivity contribution is 5.66. The number of alkyl carbamates (subject to hydrolysis) is 1. The molecule has 0 fully saturated rings. The van der Waals surface area contributed by atoms with Crippen molar-refractivity contribution in [2.75, 3.05) is 26.2 Å². The fourth-order valence-corrected chi connectivity index (χ4v) is 1.19. The second-order valence-electron chi connectivity index (χ2n) is 3.78. The minimum absolute atomic E-state index is 0.323. The van der Waals surface area contributed by atoms with Crippen LogP contribution in [0, 0.1) is 11.3 Å². The highest BCUT2D eigenvalue weighted by Crippen LogP contribution is 1.89. The van der Waals surface area contributed by atoms with Crippen LogP contribution < -0.4 is 10.6 Å². The summed E-state index contributed by atoms with van der Waals surface area (Å²) in [5.41, 5.74) is 0. The van der Waals surface area contributed by atoms with Gasteiger partial charge in [0.05, 0.1) is 12.7 Å². The van der Waals surface area contributed by atoms with Gasteiger partial charge in [0.15, 0.2) is 0 Å². The molecule has 0 rings (SSSR count). The Morgan fingerprint density at radius 1 is 1.24 bits per heavy atom. The molecule has 0 spiro atoms. The van der Waals surface area contributed by atoms with Gasteiger partial charge in [-0.3, -0.25) is 0 Å². The Labute approximate surface area is 104 Å². The van der Waals surface area contributed by atoms with E-state index in [2.05, 4.69) is 23.6 Å². The summed E-state index contributed by atoms with van der Waals surface area (Å²) < 4.78 is 4.94. The highest BCUT2D eigenvalue weighted by atomic mass is 16.5. The van der Waals surface area contributed by atoms with Crippen molar-refractivity contribution in [1.29, 1.82) is 5.26 Å². The molecule has 17 heavy (non-hydrogen) atoms. The average Bonchev–Trinajstić information content (AvgIpc) is 2.33. The Morgan fingerprint density at radius 2 is 2.00 bits per heavy atom. The Kier molecular flexibility index (Phi) is 11.8. The molecule has 1 amide bonds. The Bertz CT molecular complexity index is 226. The largest absolute Gasteiger partial charge is 0.450 e. The first-order chi connectivity index (χ1) is 8.31. The van der Waals surface area contributed by atoms with Gasteiger partial charge in [0.1, 0.15) is 0 Å². The van der Waals surface area contributed by atoms with Crippen LogP contribution in [0.15, 0.2) is 0 Å². The molecule has 0 aliphatic rings. The van der Waals surface area contributed by atoms with Crippen molar-refractivity contribution >= 4 is 6.09 Å². The van der Waals surface area contributed by atoms with Crippen molar-refractivity contribution in [3.8, 4) is 6.07 Å². The zero-order valence-corrected chi connectivity index (χ0v) is 10.6. The molecule has 98 valence electrons. The summed E-state index contributed by atoms with van der Waals surface area (Å²) in [6, 6.07) is 2.07. The van der Waals surface area contributed by atoms with Gasteiger partial charge >= 0.3 is 6.09 Å². The maximum atomic E-state index is 11.1. The molecule has 0 bridgehead atoms. The van der Waals surface area contributed by atoms with Crippen LogP contribution in [0.4, 0.5) is 4.79 Å². The number of hydrogen-bond donors (Lipinski definition) is 2. The number of amides is 1. The molecule has 2 N–H and O–H groups in total. The molecule has 5 heteroatoms. The van der Waals surface area contributed by atoms with Crippen LogP contribution in [0.1, 0.15) is 39.0 Å². The van der Waals surface area contributed by atoms with E-state index in [-0.39, 0.29) is 6.09 Å². The van der Waals surface area contributed by atoms with Crippen molar-refractivity contribution < 1.29 is 9.53 Å². The topological polar surface area (TPSA) is 74.2 Å². The molecular weight excluding hydrogens is 218 g/mol. The van der Waals surface area contributed by atoms with Crippen LogP contribution in [-0.4, -0.2) is 32.3 Å². The monoisotopic (exact) mass is 241 g/mol. The predicted molar refractivity (Wildman–Crippen MR) is 66.6 cm³/mol. The van der Waals surface area contributed by atoms with Crippen molar-refractivity contribution in [3.05, 3.63) is 0 Å². The molecule has 0 heterocycles. The van der Waals surface area contributed by atoms with Crippen molar-refractivity contribution in [3.63, 3.8) is 0 Å². The smallest absolute Gasteiger partial charge is 0.407 e. The Balaban J connectivity index is 3.11. The van der Waals surface area contributed by atoms with Crippen LogP contribution in [0.25, 0.3) is 0 Å². The summed E-state index contributed by atoms with van der Waals surface area (Å²) in [5, 5.41) is 14.2. The third-order valence-electron chi connectivity index (χ3n) is 2.19. The lowest BCUT2D eigenvalue weighted by Gasteiger charge is -2.06. The van der Waals surface area contributed by atoms with Crippen molar-refractivity contribution in [2.45, 2.75) is 39.0 Å². The van der Waals surface area contributed by atoms with Crippen LogP contribution >= 0.6 is 0 Å². The van der Waals surface area contributed by atoms with Gasteiger partial charge in [0, 0.05) is 19.5 Å². The number of ether oxygens (including phenoxy) is 1. The zero-order chi connectivity index (χ0) is 12.8. The normalized spacial score (nSPS) is 9.65. The van der Waals surface area contributed by atoms with Gasteiger partial charge in [0.2, 0.25) is 0 Å². The summed E-state index contributed by atoms with van der Waals surface area (Å²) in [6.07, 6.45) is 4.07. The molecule has 0 radical (unpaired) electrons. The van der Waals surface area contributed by atoms with Crippen molar-refractivity contribution in [1.82, 2.24) is 10.6 Å². The van der Waals surface area contributed by atoms with E-state index < -0.39 is 0 Å². The van der Waals surface area contributed by atoms with E-state index in [1.54, 1.807) is 0 Å². The standard InChI is InChI=1S/C12H23N3O2/c1-2-3-11-17-12(16)15-10-5-4-8-14-9-6-7-13/h14H,2-6,8-11H2,1H3,(H,15,16). The minimum atomic E-state index is -0.323. The first kappa shape index (κ1) is 15.7. The van der Waals surface area contributed by atoms with E-state index >= 15 is 0 Å². The van der Waals surface area contributed by atoms with E-state index in [0.29, 0.717) is 19.6 Å². The number of rotatable bonds is 10. The molecule has 0 aliphatic heterocycles. The molecule has 0 atom stereocenters. The molecule has 0 unspecified atom stereocenters. The van der Waals surface area contributed by atoms with E-state index in [4.69, 9.17) is 10.00 Å². The number of nitrogens with zero attached hydrogens (tertiary/aromatic N) is 1. The lowest BCUT2D eigenvalue weighted by molar-refractivity contribution is 0.144. The van der Waals surface area contributed by atoms with Gasteiger partial charge in [-0.25, -0.2) is 4.79 Å². The molecule has 0 saturated heterocycles. The third-order valence-corrected chi connectivity index (χ3v) is 2.19. The number of carbonyl (C=O) groups is 1. The third kappa shape index (κ3) is 12.7. The van der Waals surface area contributed by atoms with Crippen LogP contribution in [-0.2, 0) is 4.74 Å². The molecular formula is C12H23N3O2. The number of nitrogens with one attached hydrogen (secondary N) is 2. The van der Waals surface area contributed by atoms with Gasteiger partial charge < -0.3 is 15.4 Å². The maximum absolute atomic E-state index is 11.1. The second kappa shape index (κ2) is 12.8. The lowest BCUT2D eigenvalue weighted by Crippen LogP contribution is -2.26. The van der Waals surface area contributed by atoms with E-state index in [9.17, 15) is 4.79 Å². The number of hydrogen-bond acceptors (Lipinski definition) is 4. The number of carbonyl (C=O) groups excluding carboxylic acids is 1. The van der Waals surface area contributed by atoms with Gasteiger partial charge in [-0.1, -0.05) is 13.3 Å². The fourth-order valence-electron chi connectivity index (χ4n) is 1.19. The quantitative estimate of drug-likeness (QED) is 0.572. The SMILES string of the molecule is CCCCOC(=O)NCCCCNCCC#N. The van der Waals surface area contributed by atoms with Crippen LogP contribution in [0.3, 0.4) is 0 Å².